The summed E-state index contributed by atoms with van der Waals surface area (Å²) in [6.45, 7) is 4.17. The maximum absolute atomic E-state index is 13.2. The van der Waals surface area contributed by atoms with Crippen LogP contribution >= 0.6 is 27.5 Å². The number of hydrogen-bond donors (Lipinski definition) is 1. The molecule has 1 atom stereocenters. The highest BCUT2D eigenvalue weighted by atomic mass is 79.9. The van der Waals surface area contributed by atoms with Crippen LogP contribution in [0.3, 0.4) is 0 Å². The Kier molecular flexibility index (Phi) is 5.96. The van der Waals surface area contributed by atoms with Gasteiger partial charge >= 0.3 is 0 Å². The Morgan fingerprint density at radius 2 is 2.19 bits per heavy atom. The van der Waals surface area contributed by atoms with Crippen molar-refractivity contribution in [2.24, 2.45) is 0 Å². The average molecular weight is 455 g/mol. The van der Waals surface area contributed by atoms with E-state index in [9.17, 15) is 9.18 Å². The molecule has 1 aromatic carbocycles. The Balaban J connectivity index is 1.74. The monoisotopic (exact) mass is 453 g/mol. The van der Waals surface area contributed by atoms with E-state index in [4.69, 9.17) is 11.6 Å². The van der Waals surface area contributed by atoms with Gasteiger partial charge in [-0.15, -0.1) is 0 Å². The van der Waals surface area contributed by atoms with E-state index in [1.54, 1.807) is 33.9 Å². The summed E-state index contributed by atoms with van der Waals surface area (Å²) in [5, 5.41) is 11.8. The summed E-state index contributed by atoms with van der Waals surface area (Å²) in [5.74, 6) is -0.136. The van der Waals surface area contributed by atoms with Crippen LogP contribution in [0.4, 0.5) is 10.2 Å². The number of anilines is 1. The van der Waals surface area contributed by atoms with Crippen molar-refractivity contribution in [3.63, 3.8) is 0 Å². The van der Waals surface area contributed by atoms with Gasteiger partial charge in [0.2, 0.25) is 5.91 Å². The summed E-state index contributed by atoms with van der Waals surface area (Å²) in [6.07, 6.45) is 3.99. The van der Waals surface area contributed by atoms with E-state index in [1.807, 2.05) is 13.8 Å². The van der Waals surface area contributed by atoms with E-state index in [0.717, 1.165) is 15.7 Å². The van der Waals surface area contributed by atoms with Gasteiger partial charge in [0.25, 0.3) is 0 Å². The first-order valence-electron chi connectivity index (χ1n) is 8.36. The molecule has 27 heavy (non-hydrogen) atoms. The molecule has 1 N–H and O–H groups in total. The maximum atomic E-state index is 13.2. The van der Waals surface area contributed by atoms with Crippen molar-refractivity contribution in [2.75, 3.05) is 5.32 Å². The minimum absolute atomic E-state index is 0.197. The number of amides is 1. The first-order chi connectivity index (χ1) is 12.9. The van der Waals surface area contributed by atoms with Gasteiger partial charge in [-0.25, -0.2) is 4.39 Å². The van der Waals surface area contributed by atoms with Crippen molar-refractivity contribution in [1.29, 1.82) is 0 Å². The zero-order valence-corrected chi connectivity index (χ0v) is 17.1. The van der Waals surface area contributed by atoms with E-state index in [-0.39, 0.29) is 11.7 Å². The predicted octanol–water partition coefficient (Wildman–Crippen LogP) is 4.58. The molecule has 0 aliphatic heterocycles. The van der Waals surface area contributed by atoms with Gasteiger partial charge in [-0.2, -0.15) is 10.2 Å². The number of carbonyl (C=O) groups is 1. The van der Waals surface area contributed by atoms with Gasteiger partial charge in [0.15, 0.2) is 5.82 Å². The number of rotatable bonds is 6. The van der Waals surface area contributed by atoms with Crippen LogP contribution in [0.5, 0.6) is 0 Å². The summed E-state index contributed by atoms with van der Waals surface area (Å²) in [6, 6.07) is 5.60. The lowest BCUT2D eigenvalue weighted by atomic mass is 10.2. The third-order valence-electron chi connectivity index (χ3n) is 4.15. The van der Waals surface area contributed by atoms with Crippen LogP contribution in [0.1, 0.15) is 30.6 Å². The highest BCUT2D eigenvalue weighted by molar-refractivity contribution is 9.10. The van der Waals surface area contributed by atoms with Crippen LogP contribution in [0.2, 0.25) is 5.02 Å². The zero-order chi connectivity index (χ0) is 19.6. The summed E-state index contributed by atoms with van der Waals surface area (Å²) < 4.78 is 17.3. The molecule has 3 aromatic rings. The molecule has 3 rings (SSSR count). The molecule has 0 radical (unpaired) electrons. The molecule has 0 saturated carbocycles. The van der Waals surface area contributed by atoms with Crippen molar-refractivity contribution in [2.45, 2.75) is 32.9 Å². The average Bonchev–Trinajstić information content (AvgIpc) is 3.17. The van der Waals surface area contributed by atoms with Crippen LogP contribution < -0.4 is 5.32 Å². The number of nitrogens with zero attached hydrogens (tertiary/aromatic N) is 4. The second kappa shape index (κ2) is 8.22. The quantitative estimate of drug-likeness (QED) is 0.593. The molecule has 0 aliphatic rings. The predicted molar refractivity (Wildman–Crippen MR) is 105 cm³/mol. The standard InChI is InChI=1S/C18H18BrClFN5O/c1-3-16(26-10-13(19)8-22-26)18(27)23-17-6-11(2)25(24-17)9-12-4-5-14(21)7-15(12)20/h4-8,10,16H,3,9H2,1-2H3,(H,23,24,27). The fourth-order valence-electron chi connectivity index (χ4n) is 2.73. The lowest BCUT2D eigenvalue weighted by molar-refractivity contribution is -0.119. The molecular formula is C18H18BrClFN5O. The number of nitrogens with one attached hydrogen (secondary N) is 1. The number of halogens is 3. The van der Waals surface area contributed by atoms with Gasteiger partial charge in [-0.1, -0.05) is 24.6 Å². The Hall–Kier alpha value is -2.19. The number of benzene rings is 1. The number of carbonyl (C=O) groups excluding carboxylic acids is 1. The van der Waals surface area contributed by atoms with Crippen LogP contribution in [0.15, 0.2) is 41.1 Å². The van der Waals surface area contributed by atoms with Gasteiger partial charge in [0, 0.05) is 23.0 Å². The van der Waals surface area contributed by atoms with Crippen LogP contribution in [-0.2, 0) is 11.3 Å². The minimum Gasteiger partial charge on any atom is -0.307 e. The molecule has 9 heteroatoms. The first kappa shape index (κ1) is 19.6. The van der Waals surface area contributed by atoms with Crippen molar-refractivity contribution in [3.8, 4) is 0 Å². The highest BCUT2D eigenvalue weighted by Gasteiger charge is 2.20. The van der Waals surface area contributed by atoms with E-state index in [1.165, 1.54) is 12.1 Å². The molecule has 0 saturated heterocycles. The lowest BCUT2D eigenvalue weighted by Crippen LogP contribution is -2.26. The largest absolute Gasteiger partial charge is 0.307 e. The van der Waals surface area contributed by atoms with Crippen LogP contribution in [-0.4, -0.2) is 25.5 Å². The maximum Gasteiger partial charge on any atom is 0.250 e. The number of hydrogen-bond acceptors (Lipinski definition) is 3. The molecular weight excluding hydrogens is 437 g/mol. The molecule has 2 heterocycles. The van der Waals surface area contributed by atoms with E-state index >= 15 is 0 Å². The van der Waals surface area contributed by atoms with Gasteiger partial charge in [-0.05, 0) is 47.0 Å². The highest BCUT2D eigenvalue weighted by Crippen LogP contribution is 2.21. The van der Waals surface area contributed by atoms with Crippen molar-refractivity contribution < 1.29 is 9.18 Å². The molecule has 0 spiro atoms. The van der Waals surface area contributed by atoms with Gasteiger partial charge in [0.05, 0.1) is 17.2 Å². The fourth-order valence-corrected chi connectivity index (χ4v) is 3.26. The molecule has 1 amide bonds. The molecule has 0 bridgehead atoms. The number of aryl methyl sites for hydroxylation is 1. The summed E-state index contributed by atoms with van der Waals surface area (Å²) in [5.41, 5.74) is 1.59. The normalized spacial score (nSPS) is 12.2. The third kappa shape index (κ3) is 4.56. The van der Waals surface area contributed by atoms with Gasteiger partial charge in [-0.3, -0.25) is 14.2 Å². The van der Waals surface area contributed by atoms with Crippen LogP contribution in [0, 0.1) is 12.7 Å². The van der Waals surface area contributed by atoms with Crippen LogP contribution in [0.25, 0.3) is 0 Å². The van der Waals surface area contributed by atoms with E-state index in [2.05, 4.69) is 31.4 Å². The lowest BCUT2D eigenvalue weighted by Gasteiger charge is -2.14. The Bertz CT molecular complexity index is 971. The SMILES string of the molecule is CCC(C(=O)Nc1cc(C)n(Cc2ccc(F)cc2Cl)n1)n1cc(Br)cn1. The van der Waals surface area contributed by atoms with E-state index in [0.29, 0.717) is 23.8 Å². The number of aromatic nitrogens is 4. The zero-order valence-electron chi connectivity index (χ0n) is 14.8. The Labute approximate surface area is 169 Å². The molecule has 0 aliphatic carbocycles. The Morgan fingerprint density at radius 1 is 1.41 bits per heavy atom. The van der Waals surface area contributed by atoms with Crippen molar-refractivity contribution >= 4 is 39.3 Å². The van der Waals surface area contributed by atoms with Gasteiger partial charge < -0.3 is 5.32 Å². The third-order valence-corrected chi connectivity index (χ3v) is 4.91. The summed E-state index contributed by atoms with van der Waals surface area (Å²) >= 11 is 9.42. The molecule has 142 valence electrons. The topological polar surface area (TPSA) is 64.7 Å². The summed E-state index contributed by atoms with van der Waals surface area (Å²) in [7, 11) is 0. The second-order valence-electron chi connectivity index (χ2n) is 6.12. The first-order valence-corrected chi connectivity index (χ1v) is 9.53. The summed E-state index contributed by atoms with van der Waals surface area (Å²) in [4.78, 5) is 12.6. The molecule has 6 nitrogen and oxygen atoms in total. The Morgan fingerprint density at radius 3 is 2.81 bits per heavy atom. The second-order valence-corrected chi connectivity index (χ2v) is 7.44. The van der Waals surface area contributed by atoms with Crippen molar-refractivity contribution in [1.82, 2.24) is 19.6 Å². The van der Waals surface area contributed by atoms with Crippen molar-refractivity contribution in [3.05, 3.63) is 63.2 Å². The molecule has 2 aromatic heterocycles. The minimum atomic E-state index is -0.437. The fraction of sp³-hybridized carbons (Fsp3) is 0.278. The molecule has 1 unspecified atom stereocenters. The van der Waals surface area contributed by atoms with E-state index < -0.39 is 6.04 Å². The smallest absolute Gasteiger partial charge is 0.250 e. The van der Waals surface area contributed by atoms with Gasteiger partial charge in [0.1, 0.15) is 11.9 Å². The molecule has 0 fully saturated rings.